The maximum Gasteiger partial charge on any atom is 0.345 e. The second-order valence-corrected chi connectivity index (χ2v) is 7.67. The number of ether oxygens (including phenoxy) is 3. The van der Waals surface area contributed by atoms with Crippen molar-refractivity contribution >= 4 is 5.97 Å². The van der Waals surface area contributed by atoms with Crippen molar-refractivity contribution in [2.45, 2.75) is 13.8 Å². The third kappa shape index (κ3) is 5.27. The number of carbonyl (C=O) groups is 1. The molecular formula is C26H23N3O7. The summed E-state index contributed by atoms with van der Waals surface area (Å²) in [5.41, 5.74) is -1.44. The Morgan fingerprint density at radius 3 is 2.19 bits per heavy atom. The average Bonchev–Trinajstić information content (AvgIpc) is 2.84. The molecule has 36 heavy (non-hydrogen) atoms. The maximum atomic E-state index is 13.3. The summed E-state index contributed by atoms with van der Waals surface area (Å²) in [5, 5.41) is 0. The molecule has 0 aliphatic heterocycles. The van der Waals surface area contributed by atoms with E-state index in [1.807, 2.05) is 19.1 Å². The second-order valence-electron chi connectivity index (χ2n) is 7.67. The van der Waals surface area contributed by atoms with Gasteiger partial charge in [-0.25, -0.2) is 28.3 Å². The highest BCUT2D eigenvalue weighted by atomic mass is 16.6. The summed E-state index contributed by atoms with van der Waals surface area (Å²) in [6.45, 7) is 3.25. The quantitative estimate of drug-likeness (QED) is 0.378. The highest BCUT2D eigenvalue weighted by molar-refractivity contribution is 5.71. The lowest BCUT2D eigenvalue weighted by Crippen LogP contribution is -2.48. The molecule has 0 fully saturated rings. The molecule has 0 saturated heterocycles. The van der Waals surface area contributed by atoms with Gasteiger partial charge in [-0.2, -0.15) is 0 Å². The van der Waals surface area contributed by atoms with Crippen molar-refractivity contribution in [3.8, 4) is 28.6 Å². The van der Waals surface area contributed by atoms with Gasteiger partial charge in [0.25, 0.3) is 0 Å². The number of H-pyrrole nitrogens is 1. The average molecular weight is 489 g/mol. The monoisotopic (exact) mass is 489 g/mol. The van der Waals surface area contributed by atoms with E-state index in [0.29, 0.717) is 11.4 Å². The Hall–Kier alpha value is -4.86. The van der Waals surface area contributed by atoms with Crippen molar-refractivity contribution in [1.29, 1.82) is 0 Å². The van der Waals surface area contributed by atoms with Crippen molar-refractivity contribution in [2.24, 2.45) is 0 Å². The summed E-state index contributed by atoms with van der Waals surface area (Å²) >= 11 is 0. The smallest absolute Gasteiger partial charge is 0.345 e. The Morgan fingerprint density at radius 2 is 1.53 bits per heavy atom. The first-order valence-corrected chi connectivity index (χ1v) is 11.1. The van der Waals surface area contributed by atoms with Gasteiger partial charge in [0.15, 0.2) is 18.1 Å². The van der Waals surface area contributed by atoms with Gasteiger partial charge in [-0.1, -0.05) is 30.3 Å². The minimum atomic E-state index is -0.929. The van der Waals surface area contributed by atoms with E-state index >= 15 is 0 Å². The number of aromatic amines is 1. The van der Waals surface area contributed by atoms with E-state index in [1.54, 1.807) is 49.4 Å². The number of nitrogens with one attached hydrogen (secondary N) is 1. The zero-order valence-corrected chi connectivity index (χ0v) is 19.6. The Labute approximate surface area is 204 Å². The molecule has 3 aromatic carbocycles. The molecule has 4 rings (SSSR count). The first-order chi connectivity index (χ1) is 17.4. The van der Waals surface area contributed by atoms with Crippen LogP contribution in [0.15, 0.2) is 87.2 Å². The van der Waals surface area contributed by atoms with Crippen LogP contribution in [0, 0.1) is 6.92 Å². The fourth-order valence-corrected chi connectivity index (χ4v) is 3.49. The number of aryl methyl sites for hydroxylation is 1. The van der Waals surface area contributed by atoms with E-state index < -0.39 is 29.6 Å². The number of carbonyl (C=O) groups excluding carboxylic acids is 1. The van der Waals surface area contributed by atoms with Gasteiger partial charge in [0.05, 0.1) is 18.0 Å². The van der Waals surface area contributed by atoms with Gasteiger partial charge in [-0.3, -0.25) is 4.98 Å². The van der Waals surface area contributed by atoms with Crippen molar-refractivity contribution < 1.29 is 19.0 Å². The summed E-state index contributed by atoms with van der Waals surface area (Å²) in [7, 11) is 0. The molecule has 10 nitrogen and oxygen atoms in total. The number of aromatic nitrogens is 3. The van der Waals surface area contributed by atoms with E-state index in [9.17, 15) is 19.2 Å². The van der Waals surface area contributed by atoms with Crippen LogP contribution in [0.5, 0.6) is 17.2 Å². The summed E-state index contributed by atoms with van der Waals surface area (Å²) < 4.78 is 18.1. The molecule has 0 unspecified atom stereocenters. The first-order valence-electron chi connectivity index (χ1n) is 11.1. The van der Waals surface area contributed by atoms with Gasteiger partial charge in [0.1, 0.15) is 5.75 Å². The van der Waals surface area contributed by atoms with Gasteiger partial charge in [-0.05, 0) is 55.8 Å². The summed E-state index contributed by atoms with van der Waals surface area (Å²) in [6, 6.07) is 20.0. The number of nitrogens with zero attached hydrogens (tertiary/aromatic N) is 2. The number of esters is 1. The highest BCUT2D eigenvalue weighted by Crippen LogP contribution is 2.33. The lowest BCUT2D eigenvalue weighted by molar-refractivity contribution is -0.145. The zero-order valence-electron chi connectivity index (χ0n) is 19.6. The summed E-state index contributed by atoms with van der Waals surface area (Å²) in [6.07, 6.45) is 0. The van der Waals surface area contributed by atoms with Crippen LogP contribution in [0.2, 0.25) is 0 Å². The minimum absolute atomic E-state index is 0.0870. The molecule has 0 saturated carbocycles. The van der Waals surface area contributed by atoms with Crippen LogP contribution in [-0.4, -0.2) is 33.3 Å². The number of hydrogen-bond acceptors (Lipinski definition) is 7. The van der Waals surface area contributed by atoms with Crippen LogP contribution in [0.3, 0.4) is 0 Å². The van der Waals surface area contributed by atoms with E-state index in [4.69, 9.17) is 14.2 Å². The van der Waals surface area contributed by atoms with E-state index in [-0.39, 0.29) is 23.8 Å². The number of hydrogen-bond donors (Lipinski definition) is 1. The molecule has 10 heteroatoms. The standard InChI is InChI=1S/C26H23N3O7/c1-3-34-23(30)16-35-22-15-19(12-13-21(22)36-20-10-5-4-6-11-20)29-25(32)27-24(31)28(26(29)33)18-9-7-8-17(2)14-18/h4-15H,3,16H2,1-2H3,(H,27,31,32). The molecule has 1 N–H and O–H groups in total. The van der Waals surface area contributed by atoms with Gasteiger partial charge in [0, 0.05) is 6.07 Å². The molecule has 0 spiro atoms. The van der Waals surface area contributed by atoms with Gasteiger partial charge < -0.3 is 14.2 Å². The van der Waals surface area contributed by atoms with E-state index in [1.165, 1.54) is 18.2 Å². The Morgan fingerprint density at radius 1 is 0.833 bits per heavy atom. The predicted molar refractivity (Wildman–Crippen MR) is 132 cm³/mol. The number of rotatable bonds is 8. The third-order valence-corrected chi connectivity index (χ3v) is 5.07. The number of para-hydroxylation sites is 1. The largest absolute Gasteiger partial charge is 0.478 e. The maximum absolute atomic E-state index is 13.3. The number of benzene rings is 3. The van der Waals surface area contributed by atoms with Crippen molar-refractivity contribution in [1.82, 2.24) is 14.1 Å². The van der Waals surface area contributed by atoms with Gasteiger partial charge in [0.2, 0.25) is 0 Å². The van der Waals surface area contributed by atoms with Crippen molar-refractivity contribution in [3.05, 3.63) is 110 Å². The normalized spacial score (nSPS) is 10.6. The highest BCUT2D eigenvalue weighted by Gasteiger charge is 2.17. The molecule has 0 bridgehead atoms. The fourth-order valence-electron chi connectivity index (χ4n) is 3.49. The minimum Gasteiger partial charge on any atom is -0.478 e. The lowest BCUT2D eigenvalue weighted by atomic mass is 10.2. The lowest BCUT2D eigenvalue weighted by Gasteiger charge is -2.15. The summed E-state index contributed by atoms with van der Waals surface area (Å²) in [4.78, 5) is 52.6. The van der Waals surface area contributed by atoms with Crippen LogP contribution in [0.25, 0.3) is 11.4 Å². The molecule has 4 aromatic rings. The predicted octanol–water partition coefficient (Wildman–Crippen LogP) is 2.72. The third-order valence-electron chi connectivity index (χ3n) is 5.07. The SMILES string of the molecule is CCOC(=O)COc1cc(-n2c(=O)[nH]c(=O)n(-c3cccc(C)c3)c2=O)ccc1Oc1ccccc1. The molecule has 184 valence electrons. The van der Waals surface area contributed by atoms with Crippen molar-refractivity contribution in [3.63, 3.8) is 0 Å². The zero-order chi connectivity index (χ0) is 25.7. The molecule has 0 amide bonds. The topological polar surface area (TPSA) is 122 Å². The van der Waals surface area contributed by atoms with Gasteiger partial charge >= 0.3 is 23.0 Å². The molecule has 1 heterocycles. The first kappa shape index (κ1) is 24.3. The summed E-state index contributed by atoms with van der Waals surface area (Å²) in [5.74, 6) is 0.237. The van der Waals surface area contributed by atoms with E-state index in [0.717, 1.165) is 14.7 Å². The molecule has 0 atom stereocenters. The molecule has 0 aliphatic carbocycles. The fraction of sp³-hybridized carbons (Fsp3) is 0.154. The van der Waals surface area contributed by atoms with Gasteiger partial charge in [-0.15, -0.1) is 0 Å². The second kappa shape index (κ2) is 10.6. The van der Waals surface area contributed by atoms with Crippen LogP contribution in [0.4, 0.5) is 0 Å². The van der Waals surface area contributed by atoms with Crippen molar-refractivity contribution in [2.75, 3.05) is 13.2 Å². The molecule has 1 aromatic heterocycles. The van der Waals surface area contributed by atoms with Crippen LogP contribution in [0.1, 0.15) is 12.5 Å². The van der Waals surface area contributed by atoms with Crippen LogP contribution < -0.4 is 26.5 Å². The van der Waals surface area contributed by atoms with Crippen LogP contribution in [-0.2, 0) is 9.53 Å². The van der Waals surface area contributed by atoms with E-state index in [2.05, 4.69) is 4.98 Å². The Kier molecular flexibility index (Phi) is 7.15. The van der Waals surface area contributed by atoms with Crippen LogP contribution >= 0.6 is 0 Å². The molecular weight excluding hydrogens is 466 g/mol. The Balaban J connectivity index is 1.82. The Bertz CT molecular complexity index is 1570. The molecule has 0 radical (unpaired) electrons. The molecule has 0 aliphatic rings.